The first-order valence-corrected chi connectivity index (χ1v) is 5.62. The second-order valence-corrected chi connectivity index (χ2v) is 4.35. The number of methoxy groups -OCH3 is 1. The number of amides is 2. The van der Waals surface area contributed by atoms with Gasteiger partial charge in [0, 0.05) is 17.3 Å². The third-order valence-corrected chi connectivity index (χ3v) is 2.93. The maximum atomic E-state index is 11.6. The molecule has 0 spiro atoms. The van der Waals surface area contributed by atoms with Crippen molar-refractivity contribution >= 4 is 33.4 Å². The van der Waals surface area contributed by atoms with Crippen molar-refractivity contribution in [3.05, 3.63) is 22.7 Å². The van der Waals surface area contributed by atoms with Gasteiger partial charge in [-0.2, -0.15) is 0 Å². The van der Waals surface area contributed by atoms with Crippen molar-refractivity contribution in [3.8, 4) is 5.75 Å². The Morgan fingerprint density at radius 3 is 2.44 bits per heavy atom. The zero-order chi connectivity index (χ0) is 11.7. The molecule has 0 radical (unpaired) electrons. The Balaban J connectivity index is 2.49. The fourth-order valence-corrected chi connectivity index (χ4v) is 2.03. The smallest absolute Gasteiger partial charge is 0.234 e. The molecule has 5 heteroatoms. The first-order valence-electron chi connectivity index (χ1n) is 4.83. The van der Waals surface area contributed by atoms with Crippen molar-refractivity contribution in [2.75, 3.05) is 12.0 Å². The molecule has 1 aliphatic heterocycles. The summed E-state index contributed by atoms with van der Waals surface area (Å²) in [7, 11) is 1.51. The van der Waals surface area contributed by atoms with Crippen LogP contribution in [0.3, 0.4) is 0 Å². The zero-order valence-electron chi connectivity index (χ0n) is 8.70. The van der Waals surface area contributed by atoms with Crippen molar-refractivity contribution < 1.29 is 14.3 Å². The molecule has 0 bridgehead atoms. The highest BCUT2D eigenvalue weighted by Gasteiger charge is 2.32. The normalized spacial score (nSPS) is 15.8. The van der Waals surface area contributed by atoms with Gasteiger partial charge in [-0.3, -0.25) is 9.59 Å². The predicted octanol–water partition coefficient (Wildman–Crippen LogP) is 2.11. The quantitative estimate of drug-likeness (QED) is 0.781. The van der Waals surface area contributed by atoms with Gasteiger partial charge in [-0.1, -0.05) is 15.9 Å². The lowest BCUT2D eigenvalue weighted by Gasteiger charge is -2.17. The summed E-state index contributed by atoms with van der Waals surface area (Å²) in [5.41, 5.74) is 0.504. The number of carbonyl (C=O) groups is 2. The van der Waals surface area contributed by atoms with E-state index in [9.17, 15) is 9.59 Å². The number of halogens is 1. The number of hydrogen-bond acceptors (Lipinski definition) is 3. The molecule has 1 fully saturated rings. The summed E-state index contributed by atoms with van der Waals surface area (Å²) < 4.78 is 5.94. The van der Waals surface area contributed by atoms with Gasteiger partial charge in [0.1, 0.15) is 5.75 Å². The van der Waals surface area contributed by atoms with E-state index >= 15 is 0 Å². The van der Waals surface area contributed by atoms with Crippen LogP contribution in [-0.4, -0.2) is 18.9 Å². The lowest BCUT2D eigenvalue weighted by atomic mass is 10.2. The number of ether oxygens (including phenoxy) is 1. The SMILES string of the molecule is COc1ccc(Br)cc1N1C(=O)CCC1=O. The van der Waals surface area contributed by atoms with Gasteiger partial charge < -0.3 is 4.74 Å². The van der Waals surface area contributed by atoms with E-state index in [4.69, 9.17) is 4.74 Å². The molecule has 4 nitrogen and oxygen atoms in total. The van der Waals surface area contributed by atoms with Gasteiger partial charge in [-0.25, -0.2) is 4.90 Å². The maximum Gasteiger partial charge on any atom is 0.234 e. The molecule has 0 aromatic heterocycles. The minimum absolute atomic E-state index is 0.179. The van der Waals surface area contributed by atoms with Crippen LogP contribution < -0.4 is 9.64 Å². The largest absolute Gasteiger partial charge is 0.495 e. The molecular formula is C11H10BrNO3. The van der Waals surface area contributed by atoms with Gasteiger partial charge in [-0.15, -0.1) is 0 Å². The van der Waals surface area contributed by atoms with Crippen LogP contribution in [-0.2, 0) is 9.59 Å². The second kappa shape index (κ2) is 4.25. The third kappa shape index (κ3) is 1.82. The van der Waals surface area contributed by atoms with Gasteiger partial charge in [0.15, 0.2) is 0 Å². The van der Waals surface area contributed by atoms with Crippen LogP contribution in [0.5, 0.6) is 5.75 Å². The standard InChI is InChI=1S/C11H10BrNO3/c1-16-9-3-2-7(12)6-8(9)13-10(14)4-5-11(13)15/h2-3,6H,4-5H2,1H3. The van der Waals surface area contributed by atoms with E-state index in [2.05, 4.69) is 15.9 Å². The summed E-state index contributed by atoms with van der Waals surface area (Å²) in [5.74, 6) is 0.162. The van der Waals surface area contributed by atoms with E-state index in [0.717, 1.165) is 4.47 Å². The van der Waals surface area contributed by atoms with Crippen LogP contribution in [0.4, 0.5) is 5.69 Å². The first-order chi connectivity index (χ1) is 7.63. The molecule has 16 heavy (non-hydrogen) atoms. The van der Waals surface area contributed by atoms with E-state index in [-0.39, 0.29) is 24.7 Å². The topological polar surface area (TPSA) is 46.6 Å². The fourth-order valence-electron chi connectivity index (χ4n) is 1.68. The van der Waals surface area contributed by atoms with E-state index < -0.39 is 0 Å². The highest BCUT2D eigenvalue weighted by molar-refractivity contribution is 9.10. The summed E-state index contributed by atoms with van der Waals surface area (Å²) in [4.78, 5) is 24.4. The highest BCUT2D eigenvalue weighted by atomic mass is 79.9. The van der Waals surface area contributed by atoms with Gasteiger partial charge >= 0.3 is 0 Å². The van der Waals surface area contributed by atoms with Crippen LogP contribution in [0, 0.1) is 0 Å². The Kier molecular flexibility index (Phi) is 2.96. The third-order valence-electron chi connectivity index (χ3n) is 2.43. The Morgan fingerprint density at radius 2 is 1.88 bits per heavy atom. The molecule has 2 amide bonds. The number of carbonyl (C=O) groups excluding carboxylic acids is 2. The van der Waals surface area contributed by atoms with Crippen LogP contribution in [0.25, 0.3) is 0 Å². The molecule has 1 aromatic rings. The molecule has 1 aliphatic rings. The number of hydrogen-bond donors (Lipinski definition) is 0. The minimum atomic E-state index is -0.179. The maximum absolute atomic E-state index is 11.6. The summed E-state index contributed by atoms with van der Waals surface area (Å²) in [6.45, 7) is 0. The van der Waals surface area contributed by atoms with Crippen molar-refractivity contribution in [1.82, 2.24) is 0 Å². The summed E-state index contributed by atoms with van der Waals surface area (Å²) in [5, 5.41) is 0. The van der Waals surface area contributed by atoms with Crippen molar-refractivity contribution in [1.29, 1.82) is 0 Å². The van der Waals surface area contributed by atoms with Crippen LogP contribution in [0.15, 0.2) is 22.7 Å². The number of nitrogens with zero attached hydrogens (tertiary/aromatic N) is 1. The Bertz CT molecular complexity index is 443. The van der Waals surface area contributed by atoms with Gasteiger partial charge in [0.25, 0.3) is 0 Å². The van der Waals surface area contributed by atoms with Gasteiger partial charge in [0.2, 0.25) is 11.8 Å². The molecule has 1 saturated heterocycles. The molecule has 0 aliphatic carbocycles. The van der Waals surface area contributed by atoms with Gasteiger partial charge in [0.05, 0.1) is 12.8 Å². The Labute approximate surface area is 101 Å². The van der Waals surface area contributed by atoms with E-state index in [1.54, 1.807) is 18.2 Å². The van der Waals surface area contributed by atoms with Gasteiger partial charge in [-0.05, 0) is 18.2 Å². The number of anilines is 1. The number of imide groups is 1. The van der Waals surface area contributed by atoms with E-state index in [1.165, 1.54) is 12.0 Å². The average molecular weight is 284 g/mol. The van der Waals surface area contributed by atoms with Crippen LogP contribution in [0.1, 0.15) is 12.8 Å². The molecule has 2 rings (SSSR count). The average Bonchev–Trinajstić information content (AvgIpc) is 2.58. The molecule has 1 aromatic carbocycles. The molecule has 84 valence electrons. The second-order valence-electron chi connectivity index (χ2n) is 3.44. The highest BCUT2D eigenvalue weighted by Crippen LogP contribution is 2.34. The molecule has 0 saturated carbocycles. The summed E-state index contributed by atoms with van der Waals surface area (Å²) in [6.07, 6.45) is 0.545. The van der Waals surface area contributed by atoms with E-state index in [1.807, 2.05) is 0 Å². The molecule has 0 N–H and O–H groups in total. The van der Waals surface area contributed by atoms with Crippen molar-refractivity contribution in [2.24, 2.45) is 0 Å². The lowest BCUT2D eigenvalue weighted by Crippen LogP contribution is -2.28. The first kappa shape index (κ1) is 11.1. The summed E-state index contributed by atoms with van der Waals surface area (Å²) >= 11 is 3.31. The number of rotatable bonds is 2. The molecule has 0 unspecified atom stereocenters. The Hall–Kier alpha value is -1.36. The monoisotopic (exact) mass is 283 g/mol. The van der Waals surface area contributed by atoms with Crippen LogP contribution >= 0.6 is 15.9 Å². The minimum Gasteiger partial charge on any atom is -0.495 e. The van der Waals surface area contributed by atoms with Crippen molar-refractivity contribution in [3.63, 3.8) is 0 Å². The molecular weight excluding hydrogens is 274 g/mol. The Morgan fingerprint density at radius 1 is 1.25 bits per heavy atom. The zero-order valence-corrected chi connectivity index (χ0v) is 10.3. The predicted molar refractivity (Wildman–Crippen MR) is 62.4 cm³/mol. The fraction of sp³-hybridized carbons (Fsp3) is 0.273. The molecule has 1 heterocycles. The van der Waals surface area contributed by atoms with Crippen molar-refractivity contribution in [2.45, 2.75) is 12.8 Å². The number of benzene rings is 1. The lowest BCUT2D eigenvalue weighted by molar-refractivity contribution is -0.121. The van der Waals surface area contributed by atoms with E-state index in [0.29, 0.717) is 11.4 Å². The van der Waals surface area contributed by atoms with Crippen LogP contribution in [0.2, 0.25) is 0 Å². The summed E-state index contributed by atoms with van der Waals surface area (Å²) in [6, 6.07) is 5.23. The molecule has 0 atom stereocenters.